The molecule has 0 aromatic heterocycles. The van der Waals surface area contributed by atoms with Gasteiger partial charge in [-0.05, 0) is 43.9 Å². The van der Waals surface area contributed by atoms with E-state index < -0.39 is 28.6 Å². The number of likely N-dealkylation sites (tertiary alicyclic amines) is 1. The standard InChI is InChI=1S/C24H29N3O6S/c1-17-7-9-20(10-8-17)34(32,33)26-21(15-18-5-3-2-4-6-18)24(31)27-13-11-19(12-14-27)23(30)25-16-22(28)29/h2-10,19,21,26H,11-16H2,1H3,(H,25,30)(H,28,29)/t21-/m0/s1. The third-order valence-corrected chi connectivity index (χ3v) is 7.29. The van der Waals surface area contributed by atoms with Crippen LogP contribution in [0, 0.1) is 12.8 Å². The van der Waals surface area contributed by atoms with Gasteiger partial charge >= 0.3 is 5.97 Å². The topological polar surface area (TPSA) is 133 Å². The van der Waals surface area contributed by atoms with E-state index in [0.717, 1.165) is 11.1 Å². The first-order valence-corrected chi connectivity index (χ1v) is 12.6. The first-order chi connectivity index (χ1) is 16.2. The van der Waals surface area contributed by atoms with Crippen LogP contribution in [0.1, 0.15) is 24.0 Å². The Morgan fingerprint density at radius 2 is 1.65 bits per heavy atom. The molecule has 0 radical (unpaired) electrons. The van der Waals surface area contributed by atoms with E-state index >= 15 is 0 Å². The summed E-state index contributed by atoms with van der Waals surface area (Å²) in [6.45, 7) is 1.97. The Hall–Kier alpha value is -3.24. The number of sulfonamides is 1. The molecule has 3 N–H and O–H groups in total. The molecule has 1 saturated heterocycles. The van der Waals surface area contributed by atoms with Gasteiger partial charge in [0.15, 0.2) is 0 Å². The fraction of sp³-hybridized carbons (Fsp3) is 0.375. The van der Waals surface area contributed by atoms with E-state index in [1.807, 2.05) is 37.3 Å². The van der Waals surface area contributed by atoms with Crippen LogP contribution in [0.2, 0.25) is 0 Å². The molecule has 1 aliphatic heterocycles. The van der Waals surface area contributed by atoms with Gasteiger partial charge in [-0.15, -0.1) is 0 Å². The van der Waals surface area contributed by atoms with Gasteiger partial charge in [0, 0.05) is 19.0 Å². The van der Waals surface area contributed by atoms with Crippen molar-refractivity contribution in [2.24, 2.45) is 5.92 Å². The molecule has 34 heavy (non-hydrogen) atoms. The van der Waals surface area contributed by atoms with Gasteiger partial charge in [-0.3, -0.25) is 14.4 Å². The van der Waals surface area contributed by atoms with Crippen molar-refractivity contribution >= 4 is 27.8 Å². The highest BCUT2D eigenvalue weighted by molar-refractivity contribution is 7.89. The minimum Gasteiger partial charge on any atom is -0.480 e. The summed E-state index contributed by atoms with van der Waals surface area (Å²) in [6, 6.07) is 14.6. The van der Waals surface area contributed by atoms with Crippen molar-refractivity contribution in [3.05, 3.63) is 65.7 Å². The number of piperidine rings is 1. The normalized spacial score (nSPS) is 15.5. The van der Waals surface area contributed by atoms with Crippen LogP contribution in [-0.2, 0) is 30.8 Å². The second-order valence-corrected chi connectivity index (χ2v) is 10.1. The zero-order valence-corrected chi connectivity index (χ0v) is 19.8. The number of amides is 2. The average Bonchev–Trinajstić information content (AvgIpc) is 2.82. The zero-order valence-electron chi connectivity index (χ0n) is 18.9. The summed E-state index contributed by atoms with van der Waals surface area (Å²) in [5, 5.41) is 11.1. The summed E-state index contributed by atoms with van der Waals surface area (Å²) >= 11 is 0. The van der Waals surface area contributed by atoms with Gasteiger partial charge < -0.3 is 15.3 Å². The highest BCUT2D eigenvalue weighted by Crippen LogP contribution is 2.20. The average molecular weight is 488 g/mol. The summed E-state index contributed by atoms with van der Waals surface area (Å²) in [7, 11) is -3.94. The Bertz CT molecular complexity index is 1110. The molecule has 2 aromatic carbocycles. The number of rotatable bonds is 9. The maximum absolute atomic E-state index is 13.4. The van der Waals surface area contributed by atoms with E-state index in [0.29, 0.717) is 12.8 Å². The molecule has 0 saturated carbocycles. The van der Waals surface area contributed by atoms with Gasteiger partial charge in [0.05, 0.1) is 4.90 Å². The lowest BCUT2D eigenvalue weighted by atomic mass is 9.95. The molecule has 1 atom stereocenters. The van der Waals surface area contributed by atoms with Gasteiger partial charge in [0.25, 0.3) is 0 Å². The number of aryl methyl sites for hydroxylation is 1. The lowest BCUT2D eigenvalue weighted by Gasteiger charge is -2.34. The minimum absolute atomic E-state index is 0.0813. The molecule has 2 amide bonds. The molecule has 1 aliphatic rings. The molecule has 1 heterocycles. The van der Waals surface area contributed by atoms with Crippen molar-refractivity contribution in [2.45, 2.75) is 37.1 Å². The van der Waals surface area contributed by atoms with E-state index in [1.165, 1.54) is 12.1 Å². The monoisotopic (exact) mass is 487 g/mol. The second kappa shape index (κ2) is 11.3. The highest BCUT2D eigenvalue weighted by Gasteiger charge is 2.33. The number of nitrogens with zero attached hydrogens (tertiary/aromatic N) is 1. The molecule has 0 spiro atoms. The minimum atomic E-state index is -3.94. The van der Waals surface area contributed by atoms with Gasteiger partial charge in [0.1, 0.15) is 12.6 Å². The number of nitrogens with one attached hydrogen (secondary N) is 2. The number of benzene rings is 2. The Morgan fingerprint density at radius 3 is 2.24 bits per heavy atom. The second-order valence-electron chi connectivity index (χ2n) is 8.39. The third-order valence-electron chi connectivity index (χ3n) is 5.80. The number of carboxylic acids is 1. The molecule has 1 fully saturated rings. The first kappa shape index (κ1) is 25.4. The van der Waals surface area contributed by atoms with E-state index in [1.54, 1.807) is 17.0 Å². The molecule has 0 bridgehead atoms. The number of hydrogen-bond acceptors (Lipinski definition) is 5. The van der Waals surface area contributed by atoms with Gasteiger partial charge in [-0.1, -0.05) is 48.0 Å². The molecule has 3 rings (SSSR count). The third kappa shape index (κ3) is 6.88. The largest absolute Gasteiger partial charge is 0.480 e. The quantitative estimate of drug-likeness (QED) is 0.489. The molecule has 9 nitrogen and oxygen atoms in total. The molecule has 0 aliphatic carbocycles. The van der Waals surface area contributed by atoms with Crippen LogP contribution < -0.4 is 10.0 Å². The molecule has 2 aromatic rings. The SMILES string of the molecule is Cc1ccc(S(=O)(=O)N[C@@H](Cc2ccccc2)C(=O)N2CCC(C(=O)NCC(=O)O)CC2)cc1. The molecular formula is C24H29N3O6S. The van der Waals surface area contributed by atoms with Crippen molar-refractivity contribution in [2.75, 3.05) is 19.6 Å². The summed E-state index contributed by atoms with van der Waals surface area (Å²) < 4.78 is 28.6. The van der Waals surface area contributed by atoms with Gasteiger partial charge in [-0.2, -0.15) is 4.72 Å². The zero-order chi connectivity index (χ0) is 24.7. The van der Waals surface area contributed by atoms with E-state index in [4.69, 9.17) is 5.11 Å². The number of aliphatic carboxylic acids is 1. The van der Waals surface area contributed by atoms with Crippen LogP contribution in [0.4, 0.5) is 0 Å². The van der Waals surface area contributed by atoms with Crippen LogP contribution in [-0.4, -0.2) is 61.9 Å². The van der Waals surface area contributed by atoms with Gasteiger partial charge in [0.2, 0.25) is 21.8 Å². The Kier molecular flexibility index (Phi) is 8.41. The van der Waals surface area contributed by atoms with Crippen LogP contribution in [0.15, 0.2) is 59.5 Å². The maximum atomic E-state index is 13.4. The number of hydrogen-bond donors (Lipinski definition) is 3. The van der Waals surface area contributed by atoms with Crippen LogP contribution in [0.25, 0.3) is 0 Å². The summed E-state index contributed by atoms with van der Waals surface area (Å²) in [6.07, 6.45) is 0.934. The fourth-order valence-electron chi connectivity index (χ4n) is 3.89. The van der Waals surface area contributed by atoms with Crippen molar-refractivity contribution in [3.8, 4) is 0 Å². The summed E-state index contributed by atoms with van der Waals surface area (Å²) in [5.74, 6) is -2.22. The molecule has 182 valence electrons. The van der Waals surface area contributed by atoms with Crippen molar-refractivity contribution < 1.29 is 27.9 Å². The number of carboxylic acid groups (broad SMARTS) is 1. The van der Waals surface area contributed by atoms with Crippen molar-refractivity contribution in [3.63, 3.8) is 0 Å². The maximum Gasteiger partial charge on any atom is 0.322 e. The van der Waals surface area contributed by atoms with E-state index in [-0.39, 0.29) is 42.1 Å². The fourth-order valence-corrected chi connectivity index (χ4v) is 5.08. The van der Waals surface area contributed by atoms with Crippen LogP contribution in [0.3, 0.4) is 0 Å². The predicted octanol–water partition coefficient (Wildman–Crippen LogP) is 1.32. The van der Waals surface area contributed by atoms with Crippen molar-refractivity contribution in [1.82, 2.24) is 14.9 Å². The lowest BCUT2D eigenvalue weighted by molar-refractivity contribution is -0.139. The number of carbonyl (C=O) groups is 3. The van der Waals surface area contributed by atoms with Crippen LogP contribution in [0.5, 0.6) is 0 Å². The first-order valence-electron chi connectivity index (χ1n) is 11.1. The molecule has 0 unspecified atom stereocenters. The number of carbonyl (C=O) groups excluding carboxylic acids is 2. The summed E-state index contributed by atoms with van der Waals surface area (Å²) in [5.41, 5.74) is 1.74. The predicted molar refractivity (Wildman–Crippen MR) is 125 cm³/mol. The smallest absolute Gasteiger partial charge is 0.322 e. The Labute approximate surface area is 199 Å². The van der Waals surface area contributed by atoms with E-state index in [9.17, 15) is 22.8 Å². The Balaban J connectivity index is 1.72. The van der Waals surface area contributed by atoms with Crippen LogP contribution >= 0.6 is 0 Å². The van der Waals surface area contributed by atoms with Crippen molar-refractivity contribution in [1.29, 1.82) is 0 Å². The Morgan fingerprint density at radius 1 is 1.03 bits per heavy atom. The molecule has 10 heteroatoms. The summed E-state index contributed by atoms with van der Waals surface area (Å²) in [4.78, 5) is 37.8. The van der Waals surface area contributed by atoms with E-state index in [2.05, 4.69) is 10.0 Å². The molecular weight excluding hydrogens is 458 g/mol. The lowest BCUT2D eigenvalue weighted by Crippen LogP contribution is -2.52. The highest BCUT2D eigenvalue weighted by atomic mass is 32.2. The van der Waals surface area contributed by atoms with Gasteiger partial charge in [-0.25, -0.2) is 8.42 Å².